The Morgan fingerprint density at radius 2 is 2.08 bits per heavy atom. The summed E-state index contributed by atoms with van der Waals surface area (Å²) in [6, 6.07) is 0. The second-order valence-electron chi connectivity index (χ2n) is 3.99. The third-order valence-corrected chi connectivity index (χ3v) is 3.56. The first-order chi connectivity index (χ1) is 6.29. The van der Waals surface area contributed by atoms with Gasteiger partial charge in [-0.25, -0.2) is 0 Å². The van der Waals surface area contributed by atoms with Crippen LogP contribution in [0.25, 0.3) is 0 Å². The lowest BCUT2D eigenvalue weighted by Crippen LogP contribution is -2.23. The molecular formula is C10H21NOS. The smallest absolute Gasteiger partial charge is 0.0244 e. The molecule has 0 heterocycles. The average Bonchev–Trinajstić information content (AvgIpc) is 2.55. The molecule has 0 saturated heterocycles. The van der Waals surface area contributed by atoms with E-state index < -0.39 is 10.8 Å². The van der Waals surface area contributed by atoms with Crippen LogP contribution < -0.4 is 5.32 Å². The van der Waals surface area contributed by atoms with E-state index in [0.29, 0.717) is 0 Å². The fourth-order valence-corrected chi connectivity index (χ4v) is 2.47. The first-order valence-electron chi connectivity index (χ1n) is 5.30. The Kier molecular flexibility index (Phi) is 5.63. The monoisotopic (exact) mass is 203 g/mol. The minimum absolute atomic E-state index is 0.611. The Morgan fingerprint density at radius 1 is 1.38 bits per heavy atom. The molecule has 13 heavy (non-hydrogen) atoms. The third kappa shape index (κ3) is 5.42. The van der Waals surface area contributed by atoms with Crippen molar-refractivity contribution in [3.63, 3.8) is 0 Å². The van der Waals surface area contributed by atoms with Crippen molar-refractivity contribution >= 4 is 10.8 Å². The lowest BCUT2D eigenvalue weighted by molar-refractivity contribution is 0.490. The summed E-state index contributed by atoms with van der Waals surface area (Å²) >= 11 is 0. The summed E-state index contributed by atoms with van der Waals surface area (Å²) in [5.74, 6) is 1.77. The number of hydrogen-bond donors (Lipinski definition) is 1. The largest absolute Gasteiger partial charge is 0.316 e. The number of hydrogen-bond acceptors (Lipinski definition) is 2. The van der Waals surface area contributed by atoms with Crippen molar-refractivity contribution in [1.29, 1.82) is 0 Å². The number of nitrogens with one attached hydrogen (secondary N) is 1. The van der Waals surface area contributed by atoms with Gasteiger partial charge in [0.1, 0.15) is 0 Å². The zero-order chi connectivity index (χ0) is 9.52. The summed E-state index contributed by atoms with van der Waals surface area (Å²) < 4.78 is 10.7. The Morgan fingerprint density at radius 3 is 2.69 bits per heavy atom. The molecule has 1 unspecified atom stereocenters. The summed E-state index contributed by atoms with van der Waals surface area (Å²) in [6.45, 7) is 2.21. The summed E-state index contributed by atoms with van der Waals surface area (Å²) in [5.41, 5.74) is 0. The van der Waals surface area contributed by atoms with Crippen molar-refractivity contribution in [2.24, 2.45) is 5.92 Å². The van der Waals surface area contributed by atoms with E-state index in [1.165, 1.54) is 32.2 Å². The predicted molar refractivity (Wildman–Crippen MR) is 58.4 cm³/mol. The summed E-state index contributed by atoms with van der Waals surface area (Å²) in [6.07, 6.45) is 8.49. The van der Waals surface area contributed by atoms with Crippen LogP contribution in [0.15, 0.2) is 0 Å². The molecule has 0 aliphatic heterocycles. The SMILES string of the molecule is CS(=O)CCCNCC1CCCC1. The van der Waals surface area contributed by atoms with Gasteiger partial charge in [-0.2, -0.15) is 0 Å². The summed E-state index contributed by atoms with van der Waals surface area (Å²) in [5, 5.41) is 3.45. The van der Waals surface area contributed by atoms with Crippen LogP contribution in [0.4, 0.5) is 0 Å². The predicted octanol–water partition coefficient (Wildman–Crippen LogP) is 1.53. The average molecular weight is 203 g/mol. The zero-order valence-electron chi connectivity index (χ0n) is 8.55. The van der Waals surface area contributed by atoms with E-state index in [9.17, 15) is 4.21 Å². The first-order valence-corrected chi connectivity index (χ1v) is 7.02. The highest BCUT2D eigenvalue weighted by atomic mass is 32.2. The molecule has 1 saturated carbocycles. The number of rotatable bonds is 6. The third-order valence-electron chi connectivity index (χ3n) is 2.69. The van der Waals surface area contributed by atoms with Gasteiger partial charge >= 0.3 is 0 Å². The molecular weight excluding hydrogens is 182 g/mol. The molecule has 78 valence electrons. The van der Waals surface area contributed by atoms with Crippen molar-refractivity contribution in [2.45, 2.75) is 32.1 Å². The molecule has 0 aromatic rings. The molecule has 1 fully saturated rings. The summed E-state index contributed by atoms with van der Waals surface area (Å²) in [7, 11) is -0.611. The van der Waals surface area contributed by atoms with Crippen LogP contribution in [-0.4, -0.2) is 29.3 Å². The van der Waals surface area contributed by atoms with E-state index in [-0.39, 0.29) is 0 Å². The fourth-order valence-electron chi connectivity index (χ4n) is 1.92. The maximum Gasteiger partial charge on any atom is 0.0244 e. The highest BCUT2D eigenvalue weighted by Gasteiger charge is 2.13. The van der Waals surface area contributed by atoms with Crippen LogP contribution in [0.3, 0.4) is 0 Å². The molecule has 1 aliphatic carbocycles. The van der Waals surface area contributed by atoms with Crippen molar-refractivity contribution < 1.29 is 4.21 Å². The zero-order valence-corrected chi connectivity index (χ0v) is 9.37. The Bertz CT molecular complexity index is 155. The molecule has 1 aliphatic rings. The second-order valence-corrected chi connectivity index (χ2v) is 5.54. The molecule has 0 radical (unpaired) electrons. The van der Waals surface area contributed by atoms with Crippen molar-refractivity contribution in [3.05, 3.63) is 0 Å². The Balaban J connectivity index is 1.86. The Labute approximate surface area is 83.9 Å². The fraction of sp³-hybridized carbons (Fsp3) is 1.00. The van der Waals surface area contributed by atoms with Gasteiger partial charge in [-0.3, -0.25) is 4.21 Å². The van der Waals surface area contributed by atoms with Crippen LogP contribution in [0.5, 0.6) is 0 Å². The Hall–Kier alpha value is 0.110. The van der Waals surface area contributed by atoms with Gasteiger partial charge in [0.2, 0.25) is 0 Å². The van der Waals surface area contributed by atoms with E-state index in [2.05, 4.69) is 5.32 Å². The van der Waals surface area contributed by atoms with Gasteiger partial charge in [0.05, 0.1) is 0 Å². The van der Waals surface area contributed by atoms with Gasteiger partial charge in [0, 0.05) is 22.8 Å². The molecule has 1 N–H and O–H groups in total. The first kappa shape index (κ1) is 11.2. The maximum absolute atomic E-state index is 10.7. The molecule has 1 rings (SSSR count). The van der Waals surface area contributed by atoms with E-state index in [4.69, 9.17) is 0 Å². The second kappa shape index (κ2) is 6.55. The van der Waals surface area contributed by atoms with Crippen LogP contribution in [0.1, 0.15) is 32.1 Å². The van der Waals surface area contributed by atoms with Crippen molar-refractivity contribution in [3.8, 4) is 0 Å². The van der Waals surface area contributed by atoms with Crippen LogP contribution in [0.2, 0.25) is 0 Å². The molecule has 1 atom stereocenters. The van der Waals surface area contributed by atoms with E-state index in [1.54, 1.807) is 6.26 Å². The van der Waals surface area contributed by atoms with Gasteiger partial charge in [-0.15, -0.1) is 0 Å². The van der Waals surface area contributed by atoms with Crippen molar-refractivity contribution in [1.82, 2.24) is 5.32 Å². The molecule has 0 bridgehead atoms. The minimum Gasteiger partial charge on any atom is -0.316 e. The highest BCUT2D eigenvalue weighted by Crippen LogP contribution is 2.23. The molecule has 0 amide bonds. The van der Waals surface area contributed by atoms with Crippen LogP contribution >= 0.6 is 0 Å². The van der Waals surface area contributed by atoms with Gasteiger partial charge in [0.25, 0.3) is 0 Å². The van der Waals surface area contributed by atoms with Crippen LogP contribution in [-0.2, 0) is 10.8 Å². The molecule has 0 aromatic carbocycles. The lowest BCUT2D eigenvalue weighted by atomic mass is 10.1. The maximum atomic E-state index is 10.7. The highest BCUT2D eigenvalue weighted by molar-refractivity contribution is 7.84. The van der Waals surface area contributed by atoms with E-state index in [0.717, 1.165) is 24.6 Å². The normalized spacial score (nSPS) is 20.7. The quantitative estimate of drug-likeness (QED) is 0.663. The molecule has 3 heteroatoms. The topological polar surface area (TPSA) is 29.1 Å². The van der Waals surface area contributed by atoms with Gasteiger partial charge < -0.3 is 5.32 Å². The van der Waals surface area contributed by atoms with E-state index >= 15 is 0 Å². The van der Waals surface area contributed by atoms with Crippen molar-refractivity contribution in [2.75, 3.05) is 25.1 Å². The molecule has 2 nitrogen and oxygen atoms in total. The summed E-state index contributed by atoms with van der Waals surface area (Å²) in [4.78, 5) is 0. The van der Waals surface area contributed by atoms with Gasteiger partial charge in [-0.05, 0) is 38.3 Å². The molecule has 0 aromatic heterocycles. The molecule has 0 spiro atoms. The van der Waals surface area contributed by atoms with Gasteiger partial charge in [-0.1, -0.05) is 12.8 Å². The van der Waals surface area contributed by atoms with Gasteiger partial charge in [0.15, 0.2) is 0 Å². The van der Waals surface area contributed by atoms with E-state index in [1.807, 2.05) is 0 Å². The minimum atomic E-state index is -0.611. The standard InChI is InChI=1S/C10H21NOS/c1-13(12)8-4-7-11-9-10-5-2-3-6-10/h10-11H,2-9H2,1H3. The lowest BCUT2D eigenvalue weighted by Gasteiger charge is -2.09. The van der Waals surface area contributed by atoms with Crippen LogP contribution in [0, 0.1) is 5.92 Å².